The van der Waals surface area contributed by atoms with E-state index in [0.29, 0.717) is 28.7 Å². The van der Waals surface area contributed by atoms with E-state index in [0.717, 1.165) is 46.8 Å². The second kappa shape index (κ2) is 8.79. The van der Waals surface area contributed by atoms with Crippen LogP contribution >= 0.6 is 23.1 Å². The van der Waals surface area contributed by atoms with Crippen LogP contribution in [-0.4, -0.2) is 15.5 Å². The molecule has 1 aliphatic carbocycles. The highest BCUT2D eigenvalue weighted by Crippen LogP contribution is 2.36. The molecule has 33 heavy (non-hydrogen) atoms. The zero-order valence-electron chi connectivity index (χ0n) is 18.4. The first-order chi connectivity index (χ1) is 15.9. The number of anilines is 1. The third-order valence-electron chi connectivity index (χ3n) is 5.74. The topological polar surface area (TPSA) is 94.2 Å². The van der Waals surface area contributed by atoms with Crippen molar-refractivity contribution in [3.63, 3.8) is 0 Å². The summed E-state index contributed by atoms with van der Waals surface area (Å²) in [6, 6.07) is 6.74. The second-order valence-electron chi connectivity index (χ2n) is 8.16. The Morgan fingerprint density at radius 2 is 2.12 bits per heavy atom. The van der Waals surface area contributed by atoms with Crippen molar-refractivity contribution in [1.82, 2.24) is 9.55 Å². The van der Waals surface area contributed by atoms with Crippen molar-refractivity contribution in [2.24, 2.45) is 0 Å². The number of thiophene rings is 1. The molecule has 7 nitrogen and oxygen atoms in total. The zero-order chi connectivity index (χ0) is 23.1. The molecule has 170 valence electrons. The number of hydrogen-bond acceptors (Lipinski definition) is 7. The van der Waals surface area contributed by atoms with Gasteiger partial charge in [0.15, 0.2) is 5.16 Å². The number of nitrogens with one attached hydrogen (secondary N) is 1. The lowest BCUT2D eigenvalue weighted by Gasteiger charge is -2.12. The van der Waals surface area contributed by atoms with E-state index in [-0.39, 0.29) is 11.5 Å². The van der Waals surface area contributed by atoms with Crippen LogP contribution in [0.3, 0.4) is 0 Å². The SMILES string of the molecule is CCCn1c(SCc2cc(=O)oc3cc(NC(C)=O)ccc23)nc2sc3c(c2c1=O)CCC3. The van der Waals surface area contributed by atoms with E-state index in [1.54, 1.807) is 28.0 Å². The molecule has 0 atom stereocenters. The lowest BCUT2D eigenvalue weighted by Crippen LogP contribution is -2.23. The normalized spacial score (nSPS) is 13.0. The molecule has 5 rings (SSSR count). The predicted octanol–water partition coefficient (Wildman–Crippen LogP) is 4.71. The highest BCUT2D eigenvalue weighted by atomic mass is 32.2. The van der Waals surface area contributed by atoms with Crippen molar-refractivity contribution in [3.8, 4) is 0 Å². The van der Waals surface area contributed by atoms with Crippen molar-refractivity contribution in [3.05, 3.63) is 61.0 Å². The van der Waals surface area contributed by atoms with Gasteiger partial charge in [-0.25, -0.2) is 9.78 Å². The molecule has 3 aromatic heterocycles. The van der Waals surface area contributed by atoms with Gasteiger partial charge in [0.05, 0.1) is 5.39 Å². The number of thioether (sulfide) groups is 1. The highest BCUT2D eigenvalue weighted by molar-refractivity contribution is 7.98. The molecule has 1 aromatic carbocycles. The van der Waals surface area contributed by atoms with Crippen LogP contribution < -0.4 is 16.5 Å². The summed E-state index contributed by atoms with van der Waals surface area (Å²) in [6.07, 6.45) is 3.92. The molecule has 0 unspecified atom stereocenters. The summed E-state index contributed by atoms with van der Waals surface area (Å²) in [6.45, 7) is 4.08. The average molecular weight is 482 g/mol. The molecule has 0 saturated carbocycles. The van der Waals surface area contributed by atoms with Gasteiger partial charge >= 0.3 is 5.63 Å². The Morgan fingerprint density at radius 3 is 2.91 bits per heavy atom. The summed E-state index contributed by atoms with van der Waals surface area (Å²) in [5.74, 6) is 0.271. The number of carbonyl (C=O) groups excluding carboxylic acids is 1. The lowest BCUT2D eigenvalue weighted by molar-refractivity contribution is -0.114. The molecular formula is C24H23N3O4S2. The van der Waals surface area contributed by atoms with Crippen LogP contribution in [0, 0.1) is 0 Å². The fraction of sp³-hybridized carbons (Fsp3) is 0.333. The quantitative estimate of drug-likeness (QED) is 0.243. The number of fused-ring (bicyclic) bond motifs is 4. The Labute approximate surface area is 197 Å². The van der Waals surface area contributed by atoms with Crippen LogP contribution in [0.25, 0.3) is 21.2 Å². The number of benzene rings is 1. The summed E-state index contributed by atoms with van der Waals surface area (Å²) in [4.78, 5) is 43.9. The van der Waals surface area contributed by atoms with Crippen LogP contribution in [0.5, 0.6) is 0 Å². The molecule has 0 saturated heterocycles. The number of carbonyl (C=O) groups is 1. The van der Waals surface area contributed by atoms with E-state index in [2.05, 4.69) is 5.32 Å². The molecule has 9 heteroatoms. The number of hydrogen-bond donors (Lipinski definition) is 1. The van der Waals surface area contributed by atoms with E-state index in [1.807, 2.05) is 13.0 Å². The van der Waals surface area contributed by atoms with Crippen molar-refractivity contribution in [2.45, 2.75) is 57.0 Å². The van der Waals surface area contributed by atoms with Crippen molar-refractivity contribution >= 4 is 55.9 Å². The van der Waals surface area contributed by atoms with Gasteiger partial charge in [-0.2, -0.15) is 0 Å². The van der Waals surface area contributed by atoms with Crippen LogP contribution in [0.1, 0.15) is 42.7 Å². The van der Waals surface area contributed by atoms with Crippen LogP contribution in [0.2, 0.25) is 0 Å². The lowest BCUT2D eigenvalue weighted by atomic mass is 10.1. The number of rotatable bonds is 6. The van der Waals surface area contributed by atoms with E-state index < -0.39 is 5.63 Å². The molecule has 4 aromatic rings. The summed E-state index contributed by atoms with van der Waals surface area (Å²) in [5, 5.41) is 4.96. The minimum absolute atomic E-state index is 0.0427. The maximum Gasteiger partial charge on any atom is 0.336 e. The van der Waals surface area contributed by atoms with Crippen LogP contribution in [0.4, 0.5) is 5.69 Å². The summed E-state index contributed by atoms with van der Waals surface area (Å²) >= 11 is 3.09. The largest absolute Gasteiger partial charge is 0.423 e. The van der Waals surface area contributed by atoms with Gasteiger partial charge in [0.2, 0.25) is 5.91 Å². The van der Waals surface area contributed by atoms with Gasteiger partial charge in [-0.15, -0.1) is 11.3 Å². The van der Waals surface area contributed by atoms with Gasteiger partial charge in [-0.05, 0) is 48.9 Å². The minimum atomic E-state index is -0.456. The summed E-state index contributed by atoms with van der Waals surface area (Å²) in [7, 11) is 0. The standard InChI is InChI=1S/C24H23N3O4S2/c1-3-9-27-23(30)21-17-5-4-6-19(17)33-22(21)26-24(27)32-12-14-10-20(29)31-18-11-15(25-13(2)28)7-8-16(14)18/h7-8,10-11H,3-6,9,12H2,1-2H3,(H,25,28). The third-order valence-corrected chi connectivity index (χ3v) is 7.96. The first-order valence-electron chi connectivity index (χ1n) is 11.0. The molecule has 1 amide bonds. The van der Waals surface area contributed by atoms with Gasteiger partial charge in [0.1, 0.15) is 10.4 Å². The Bertz CT molecular complexity index is 1520. The molecule has 3 heterocycles. The van der Waals surface area contributed by atoms with Gasteiger partial charge in [-0.1, -0.05) is 18.7 Å². The molecule has 0 fully saturated rings. The molecule has 0 radical (unpaired) electrons. The maximum absolute atomic E-state index is 13.4. The fourth-order valence-electron chi connectivity index (χ4n) is 4.36. The van der Waals surface area contributed by atoms with E-state index in [1.165, 1.54) is 35.2 Å². The van der Waals surface area contributed by atoms with Gasteiger partial charge in [-0.3, -0.25) is 14.2 Å². The van der Waals surface area contributed by atoms with E-state index >= 15 is 0 Å². The summed E-state index contributed by atoms with van der Waals surface area (Å²) in [5.41, 5.74) is 2.55. The third kappa shape index (κ3) is 4.11. The Hall–Kier alpha value is -2.91. The van der Waals surface area contributed by atoms with Crippen LogP contribution in [-0.2, 0) is 29.9 Å². The molecular weight excluding hydrogens is 458 g/mol. The smallest absolute Gasteiger partial charge is 0.336 e. The molecule has 0 bridgehead atoms. The van der Waals surface area contributed by atoms with Crippen LogP contribution in [0.15, 0.2) is 43.4 Å². The molecule has 0 aliphatic heterocycles. The number of nitrogens with zero attached hydrogens (tertiary/aromatic N) is 2. The minimum Gasteiger partial charge on any atom is -0.423 e. The second-order valence-corrected chi connectivity index (χ2v) is 10.2. The van der Waals surface area contributed by atoms with Crippen molar-refractivity contribution in [2.75, 3.05) is 5.32 Å². The van der Waals surface area contributed by atoms with Gasteiger partial charge in [0.25, 0.3) is 5.56 Å². The Morgan fingerprint density at radius 1 is 1.27 bits per heavy atom. The zero-order valence-corrected chi connectivity index (χ0v) is 20.0. The maximum atomic E-state index is 13.4. The number of aryl methyl sites for hydroxylation is 2. The highest BCUT2D eigenvalue weighted by Gasteiger charge is 2.23. The Balaban J connectivity index is 1.53. The van der Waals surface area contributed by atoms with E-state index in [9.17, 15) is 14.4 Å². The Kier molecular flexibility index (Phi) is 5.84. The van der Waals surface area contributed by atoms with Crippen molar-refractivity contribution < 1.29 is 9.21 Å². The number of aromatic nitrogens is 2. The predicted molar refractivity (Wildman–Crippen MR) is 133 cm³/mol. The monoisotopic (exact) mass is 481 g/mol. The first-order valence-corrected chi connectivity index (χ1v) is 12.8. The molecule has 0 spiro atoms. The molecule has 1 aliphatic rings. The fourth-order valence-corrected chi connectivity index (χ4v) is 6.68. The van der Waals surface area contributed by atoms with Gasteiger partial charge in [0, 0.05) is 47.3 Å². The molecule has 1 N–H and O–H groups in total. The average Bonchev–Trinajstić information content (AvgIpc) is 3.34. The number of amides is 1. The summed E-state index contributed by atoms with van der Waals surface area (Å²) < 4.78 is 7.14. The van der Waals surface area contributed by atoms with Gasteiger partial charge < -0.3 is 9.73 Å². The first kappa shape index (κ1) is 21.9. The van der Waals surface area contributed by atoms with Crippen molar-refractivity contribution in [1.29, 1.82) is 0 Å². The van der Waals surface area contributed by atoms with E-state index in [4.69, 9.17) is 9.40 Å².